The van der Waals surface area contributed by atoms with Crippen LogP contribution in [0.2, 0.25) is 0 Å². The van der Waals surface area contributed by atoms with Crippen molar-refractivity contribution in [2.24, 2.45) is 0 Å². The summed E-state index contributed by atoms with van der Waals surface area (Å²) in [6.07, 6.45) is 1.40. The monoisotopic (exact) mass is 281 g/mol. The first kappa shape index (κ1) is 14.0. The molecule has 0 saturated carbocycles. The molecule has 1 heterocycles. The molecule has 0 fully saturated rings. The van der Waals surface area contributed by atoms with Gasteiger partial charge in [-0.15, -0.1) is 11.3 Å². The molecule has 0 bridgehead atoms. The van der Waals surface area contributed by atoms with E-state index in [1.54, 1.807) is 12.1 Å². The molecule has 1 atom stereocenters. The zero-order valence-electron chi connectivity index (χ0n) is 10.6. The first-order valence-electron chi connectivity index (χ1n) is 6.21. The summed E-state index contributed by atoms with van der Waals surface area (Å²) < 4.78 is 14.0. The molecule has 1 unspecified atom stereocenters. The average molecular weight is 281 g/mol. The predicted molar refractivity (Wildman–Crippen MR) is 75.0 cm³/mol. The maximum absolute atomic E-state index is 13.1. The highest BCUT2D eigenvalue weighted by Gasteiger charge is 2.13. The molecule has 1 amide bonds. The van der Waals surface area contributed by atoms with Gasteiger partial charge in [-0.1, -0.05) is 0 Å². The van der Waals surface area contributed by atoms with E-state index < -0.39 is 0 Å². The van der Waals surface area contributed by atoms with Gasteiger partial charge in [0.2, 0.25) is 0 Å². The number of amides is 1. The number of aliphatic hydroxyl groups is 1. The molecule has 2 N–H and O–H groups in total. The van der Waals surface area contributed by atoms with Crippen molar-refractivity contribution < 1.29 is 14.3 Å². The van der Waals surface area contributed by atoms with E-state index in [0.29, 0.717) is 11.3 Å². The number of halogens is 1. The predicted octanol–water partition coefficient (Wildman–Crippen LogP) is 2.93. The summed E-state index contributed by atoms with van der Waals surface area (Å²) >= 11 is 1.35. The second-order valence-electron chi connectivity index (χ2n) is 4.53. The molecule has 0 aliphatic heterocycles. The molecule has 1 aromatic carbocycles. The molecule has 5 heteroatoms. The van der Waals surface area contributed by atoms with Crippen molar-refractivity contribution in [2.75, 3.05) is 6.61 Å². The Kier molecular flexibility index (Phi) is 4.50. The highest BCUT2D eigenvalue weighted by molar-refractivity contribution is 7.20. The molecule has 0 aliphatic rings. The Morgan fingerprint density at radius 3 is 3.00 bits per heavy atom. The number of aliphatic hydroxyl groups excluding tert-OH is 1. The third-order valence-corrected chi connectivity index (χ3v) is 3.99. The van der Waals surface area contributed by atoms with Gasteiger partial charge in [-0.3, -0.25) is 4.79 Å². The van der Waals surface area contributed by atoms with Crippen LogP contribution in [0.1, 0.15) is 29.4 Å². The van der Waals surface area contributed by atoms with E-state index in [0.717, 1.165) is 16.5 Å². The number of nitrogens with one attached hydrogen (secondary N) is 1. The van der Waals surface area contributed by atoms with Gasteiger partial charge >= 0.3 is 0 Å². The first-order valence-corrected chi connectivity index (χ1v) is 7.02. The van der Waals surface area contributed by atoms with Gasteiger partial charge in [0.05, 0.1) is 4.88 Å². The quantitative estimate of drug-likeness (QED) is 0.885. The summed E-state index contributed by atoms with van der Waals surface area (Å²) in [7, 11) is 0. The fraction of sp³-hybridized carbons (Fsp3) is 0.357. The van der Waals surface area contributed by atoms with Crippen LogP contribution in [0.5, 0.6) is 0 Å². The van der Waals surface area contributed by atoms with Crippen molar-refractivity contribution in [1.29, 1.82) is 0 Å². The van der Waals surface area contributed by atoms with Gasteiger partial charge in [0.1, 0.15) is 5.82 Å². The molecular weight excluding hydrogens is 265 g/mol. The van der Waals surface area contributed by atoms with Crippen molar-refractivity contribution in [1.82, 2.24) is 5.32 Å². The maximum Gasteiger partial charge on any atom is 0.261 e. The lowest BCUT2D eigenvalue weighted by atomic mass is 10.2. The molecule has 19 heavy (non-hydrogen) atoms. The standard InChI is InChI=1S/C14H16FNO2S/c1-9(3-2-6-17)16-14(18)13-8-10-7-11(15)4-5-12(10)19-13/h4-5,7-9,17H,2-3,6H2,1H3,(H,16,18). The molecule has 0 saturated heterocycles. The largest absolute Gasteiger partial charge is 0.396 e. The van der Waals surface area contributed by atoms with E-state index in [2.05, 4.69) is 5.32 Å². The second kappa shape index (κ2) is 6.12. The van der Waals surface area contributed by atoms with Crippen molar-refractivity contribution >= 4 is 27.3 Å². The van der Waals surface area contributed by atoms with Gasteiger partial charge in [0.15, 0.2) is 0 Å². The summed E-state index contributed by atoms with van der Waals surface area (Å²) in [6, 6.07) is 6.22. The fourth-order valence-corrected chi connectivity index (χ4v) is 2.84. The lowest BCUT2D eigenvalue weighted by Crippen LogP contribution is -2.32. The lowest BCUT2D eigenvalue weighted by Gasteiger charge is -2.11. The van der Waals surface area contributed by atoms with E-state index >= 15 is 0 Å². The van der Waals surface area contributed by atoms with E-state index in [1.807, 2.05) is 6.92 Å². The minimum absolute atomic E-state index is 0.0154. The topological polar surface area (TPSA) is 49.3 Å². The van der Waals surface area contributed by atoms with Gasteiger partial charge in [-0.25, -0.2) is 4.39 Å². The smallest absolute Gasteiger partial charge is 0.261 e. The van der Waals surface area contributed by atoms with Gasteiger partial charge in [-0.05, 0) is 49.4 Å². The van der Waals surface area contributed by atoms with Crippen LogP contribution in [0.3, 0.4) is 0 Å². The van der Waals surface area contributed by atoms with Crippen molar-refractivity contribution in [3.63, 3.8) is 0 Å². The Balaban J connectivity index is 2.08. The first-order chi connectivity index (χ1) is 9.10. The van der Waals surface area contributed by atoms with Crippen molar-refractivity contribution in [3.8, 4) is 0 Å². The van der Waals surface area contributed by atoms with E-state index in [-0.39, 0.29) is 24.4 Å². The Morgan fingerprint density at radius 1 is 1.47 bits per heavy atom. The summed E-state index contributed by atoms with van der Waals surface area (Å²) in [6.45, 7) is 2.03. The zero-order chi connectivity index (χ0) is 13.8. The molecule has 0 radical (unpaired) electrons. The van der Waals surface area contributed by atoms with Gasteiger partial charge in [0, 0.05) is 17.3 Å². The molecule has 2 rings (SSSR count). The summed E-state index contributed by atoms with van der Waals surface area (Å²) in [5.74, 6) is -0.444. The Bertz CT molecular complexity index is 582. The molecule has 0 aliphatic carbocycles. The minimum Gasteiger partial charge on any atom is -0.396 e. The number of benzene rings is 1. The highest BCUT2D eigenvalue weighted by atomic mass is 32.1. The van der Waals surface area contributed by atoms with Gasteiger partial charge < -0.3 is 10.4 Å². The van der Waals surface area contributed by atoms with Crippen LogP contribution in [0, 0.1) is 5.82 Å². The third kappa shape index (κ3) is 3.52. The molecule has 0 spiro atoms. The van der Waals surface area contributed by atoms with E-state index in [4.69, 9.17) is 5.11 Å². The Hall–Kier alpha value is -1.46. The van der Waals surface area contributed by atoms with E-state index in [1.165, 1.54) is 23.5 Å². The number of carbonyl (C=O) groups is 1. The SMILES string of the molecule is CC(CCCO)NC(=O)c1cc2cc(F)ccc2s1. The van der Waals surface area contributed by atoms with Crippen LogP contribution in [0.25, 0.3) is 10.1 Å². The lowest BCUT2D eigenvalue weighted by molar-refractivity contribution is 0.0940. The number of thiophene rings is 1. The second-order valence-corrected chi connectivity index (χ2v) is 5.62. The number of fused-ring (bicyclic) bond motifs is 1. The van der Waals surface area contributed by atoms with Gasteiger partial charge in [0.25, 0.3) is 5.91 Å². The average Bonchev–Trinajstić information content (AvgIpc) is 2.79. The normalized spacial score (nSPS) is 12.6. The number of carbonyl (C=O) groups excluding carboxylic acids is 1. The van der Waals surface area contributed by atoms with Crippen molar-refractivity contribution in [3.05, 3.63) is 35.0 Å². The van der Waals surface area contributed by atoms with Crippen LogP contribution in [-0.4, -0.2) is 23.7 Å². The van der Waals surface area contributed by atoms with E-state index in [9.17, 15) is 9.18 Å². The maximum atomic E-state index is 13.1. The third-order valence-electron chi connectivity index (χ3n) is 2.87. The zero-order valence-corrected chi connectivity index (χ0v) is 11.5. The van der Waals surface area contributed by atoms with Crippen LogP contribution in [-0.2, 0) is 0 Å². The highest BCUT2D eigenvalue weighted by Crippen LogP contribution is 2.26. The fourth-order valence-electron chi connectivity index (χ4n) is 1.89. The number of rotatable bonds is 5. The molecule has 3 nitrogen and oxygen atoms in total. The number of hydrogen-bond donors (Lipinski definition) is 2. The van der Waals surface area contributed by atoms with Crippen LogP contribution < -0.4 is 5.32 Å². The van der Waals surface area contributed by atoms with Crippen LogP contribution in [0.15, 0.2) is 24.3 Å². The summed E-state index contributed by atoms with van der Waals surface area (Å²) in [5, 5.41) is 12.4. The molecule has 102 valence electrons. The summed E-state index contributed by atoms with van der Waals surface area (Å²) in [5.41, 5.74) is 0. The minimum atomic E-state index is -0.298. The Labute approximate surface area is 115 Å². The van der Waals surface area contributed by atoms with Crippen LogP contribution in [0.4, 0.5) is 4.39 Å². The molecule has 2 aromatic rings. The summed E-state index contributed by atoms with van der Waals surface area (Å²) in [4.78, 5) is 12.6. The Morgan fingerprint density at radius 2 is 2.26 bits per heavy atom. The van der Waals surface area contributed by atoms with Crippen LogP contribution >= 0.6 is 11.3 Å². The van der Waals surface area contributed by atoms with Gasteiger partial charge in [-0.2, -0.15) is 0 Å². The number of hydrogen-bond acceptors (Lipinski definition) is 3. The molecular formula is C14H16FNO2S. The van der Waals surface area contributed by atoms with Crippen molar-refractivity contribution in [2.45, 2.75) is 25.8 Å². The molecule has 1 aromatic heterocycles.